The minimum Gasteiger partial charge on any atom is -0.478 e. The van der Waals surface area contributed by atoms with Crippen molar-refractivity contribution in [3.63, 3.8) is 0 Å². The Hall–Kier alpha value is -2.04. The minimum absolute atomic E-state index is 0.157. The van der Waals surface area contributed by atoms with E-state index in [4.69, 9.17) is 27.9 Å². The Balaban J connectivity index is 1.86. The Kier molecular flexibility index (Phi) is 5.30. The van der Waals surface area contributed by atoms with E-state index in [-0.39, 0.29) is 11.5 Å². The van der Waals surface area contributed by atoms with Crippen LogP contribution in [0.15, 0.2) is 42.5 Å². The van der Waals surface area contributed by atoms with Crippen LogP contribution in [-0.4, -0.2) is 23.8 Å². The molecule has 0 aliphatic carbocycles. The van der Waals surface area contributed by atoms with Crippen LogP contribution in [0.5, 0.6) is 5.75 Å². The molecular weight excluding hydrogens is 361 g/mol. The highest BCUT2D eigenvalue weighted by Gasteiger charge is 2.34. The van der Waals surface area contributed by atoms with Gasteiger partial charge in [0.25, 0.3) is 11.1 Å². The fourth-order valence-corrected chi connectivity index (χ4v) is 3.28. The van der Waals surface area contributed by atoms with Crippen LogP contribution in [-0.2, 0) is 11.2 Å². The highest BCUT2D eigenvalue weighted by atomic mass is 35.5. The molecule has 0 saturated carbocycles. The van der Waals surface area contributed by atoms with Crippen LogP contribution in [0, 0.1) is 0 Å². The fourth-order valence-electron chi connectivity index (χ4n) is 2.93. The van der Waals surface area contributed by atoms with E-state index in [0.717, 1.165) is 12.8 Å². The normalized spacial score (nSPS) is 16.4. The highest BCUT2D eigenvalue weighted by Crippen LogP contribution is 2.40. The Labute approximate surface area is 156 Å². The summed E-state index contributed by atoms with van der Waals surface area (Å²) in [6.45, 7) is 2.16. The van der Waals surface area contributed by atoms with Crippen LogP contribution in [0.1, 0.15) is 29.3 Å². The van der Waals surface area contributed by atoms with E-state index in [1.807, 2.05) is 18.2 Å². The van der Waals surface area contributed by atoms with Crippen LogP contribution in [0.3, 0.4) is 0 Å². The number of nitrogens with zero attached hydrogens (tertiary/aromatic N) is 1. The molecule has 130 valence electrons. The first-order valence-electron chi connectivity index (χ1n) is 8.02. The fraction of sp³-hybridized carbons (Fsp3) is 0.263. The number of aryl methyl sites for hydroxylation is 1. The van der Waals surface area contributed by atoms with Crippen molar-refractivity contribution in [3.8, 4) is 5.75 Å². The molecule has 0 N–H and O–H groups in total. The van der Waals surface area contributed by atoms with E-state index in [0.29, 0.717) is 23.0 Å². The summed E-state index contributed by atoms with van der Waals surface area (Å²) in [5.41, 5.74) is 1.88. The molecule has 0 radical (unpaired) electrons. The molecule has 2 aromatic rings. The Morgan fingerprint density at radius 2 is 1.96 bits per heavy atom. The lowest BCUT2D eigenvalue weighted by atomic mass is 10.1. The number of carbonyl (C=O) groups excluding carboxylic acids is 2. The summed E-state index contributed by atoms with van der Waals surface area (Å²) in [5, 5.41) is -0.328. The quantitative estimate of drug-likeness (QED) is 0.722. The zero-order valence-corrected chi connectivity index (χ0v) is 15.2. The first-order chi connectivity index (χ1) is 12.0. The molecule has 25 heavy (non-hydrogen) atoms. The van der Waals surface area contributed by atoms with Gasteiger partial charge >= 0.3 is 0 Å². The third kappa shape index (κ3) is 3.80. The number of benzene rings is 2. The summed E-state index contributed by atoms with van der Waals surface area (Å²) in [5.74, 6) is 0.159. The van der Waals surface area contributed by atoms with Gasteiger partial charge in [-0.3, -0.25) is 9.59 Å². The lowest BCUT2D eigenvalue weighted by Gasteiger charge is -2.34. The Morgan fingerprint density at radius 1 is 1.24 bits per heavy atom. The predicted molar refractivity (Wildman–Crippen MR) is 98.8 cm³/mol. The van der Waals surface area contributed by atoms with Gasteiger partial charge in [-0.15, -0.1) is 0 Å². The number of carbonyl (C=O) groups is 2. The minimum atomic E-state index is -0.680. The molecule has 1 amide bonds. The number of hydrogen-bond donors (Lipinski definition) is 0. The number of hydrogen-bond acceptors (Lipinski definition) is 3. The van der Waals surface area contributed by atoms with E-state index >= 15 is 0 Å². The van der Waals surface area contributed by atoms with Crippen molar-refractivity contribution in [1.82, 2.24) is 0 Å². The summed E-state index contributed by atoms with van der Waals surface area (Å²) in [6.07, 6.45) is 0.940. The van der Waals surface area contributed by atoms with Crippen molar-refractivity contribution in [1.29, 1.82) is 0 Å². The lowest BCUT2D eigenvalue weighted by Crippen LogP contribution is -2.45. The summed E-state index contributed by atoms with van der Waals surface area (Å²) >= 11 is 11.7. The van der Waals surface area contributed by atoms with Gasteiger partial charge < -0.3 is 9.64 Å². The molecule has 1 aliphatic rings. The van der Waals surface area contributed by atoms with Crippen molar-refractivity contribution < 1.29 is 14.3 Å². The van der Waals surface area contributed by atoms with E-state index in [9.17, 15) is 9.59 Å². The van der Waals surface area contributed by atoms with Crippen molar-refractivity contribution in [3.05, 3.63) is 58.6 Å². The SMILES string of the molecule is CC1Oc2c(C(=O)Cl)cc(Cl)cc2N(CCCc2ccccc2)C1=O. The van der Waals surface area contributed by atoms with Crippen molar-refractivity contribution in [2.24, 2.45) is 0 Å². The van der Waals surface area contributed by atoms with E-state index in [1.165, 1.54) is 11.6 Å². The van der Waals surface area contributed by atoms with Gasteiger partial charge in [0, 0.05) is 11.6 Å². The third-order valence-corrected chi connectivity index (χ3v) is 4.56. The summed E-state index contributed by atoms with van der Waals surface area (Å²) in [6, 6.07) is 13.2. The van der Waals surface area contributed by atoms with Gasteiger partial charge in [-0.25, -0.2) is 0 Å². The molecule has 6 heteroatoms. The first kappa shape index (κ1) is 17.8. The van der Waals surface area contributed by atoms with Gasteiger partial charge in [0.05, 0.1) is 11.3 Å². The smallest absolute Gasteiger partial charge is 0.267 e. The maximum atomic E-state index is 12.6. The number of halogens is 2. The molecule has 1 heterocycles. The summed E-state index contributed by atoms with van der Waals surface area (Å²) < 4.78 is 5.63. The van der Waals surface area contributed by atoms with E-state index < -0.39 is 11.3 Å². The van der Waals surface area contributed by atoms with Crippen LogP contribution < -0.4 is 9.64 Å². The van der Waals surface area contributed by atoms with Crippen molar-refractivity contribution in [2.75, 3.05) is 11.4 Å². The van der Waals surface area contributed by atoms with Gasteiger partial charge in [0.15, 0.2) is 11.9 Å². The second kappa shape index (κ2) is 7.46. The second-order valence-corrected chi connectivity index (χ2v) is 6.69. The maximum absolute atomic E-state index is 12.6. The average molecular weight is 378 g/mol. The number of ether oxygens (including phenoxy) is 1. The molecule has 4 nitrogen and oxygen atoms in total. The molecule has 0 bridgehead atoms. The highest BCUT2D eigenvalue weighted by molar-refractivity contribution is 6.68. The van der Waals surface area contributed by atoms with Gasteiger partial charge in [-0.1, -0.05) is 41.9 Å². The van der Waals surface area contributed by atoms with Crippen LogP contribution in [0.2, 0.25) is 5.02 Å². The largest absolute Gasteiger partial charge is 0.478 e. The van der Waals surface area contributed by atoms with Crippen molar-refractivity contribution >= 4 is 40.0 Å². The summed E-state index contributed by atoms with van der Waals surface area (Å²) in [4.78, 5) is 25.9. The van der Waals surface area contributed by atoms with Gasteiger partial charge in [0.2, 0.25) is 0 Å². The zero-order chi connectivity index (χ0) is 18.0. The second-order valence-electron chi connectivity index (χ2n) is 5.91. The third-order valence-electron chi connectivity index (χ3n) is 4.14. The molecular formula is C19H17Cl2NO3. The number of amides is 1. The maximum Gasteiger partial charge on any atom is 0.267 e. The average Bonchev–Trinajstić information content (AvgIpc) is 2.59. The molecule has 0 spiro atoms. The summed E-state index contributed by atoms with van der Waals surface area (Å²) in [7, 11) is 0. The molecule has 0 fully saturated rings. The molecule has 1 atom stereocenters. The van der Waals surface area contributed by atoms with Crippen LogP contribution >= 0.6 is 23.2 Å². The topological polar surface area (TPSA) is 46.6 Å². The monoisotopic (exact) mass is 377 g/mol. The van der Waals surface area contributed by atoms with Crippen molar-refractivity contribution in [2.45, 2.75) is 25.9 Å². The van der Waals surface area contributed by atoms with Gasteiger partial charge in [0.1, 0.15) is 0 Å². The molecule has 1 aliphatic heterocycles. The van der Waals surface area contributed by atoms with E-state index in [2.05, 4.69) is 12.1 Å². The predicted octanol–water partition coefficient (Wildman–Crippen LogP) is 4.47. The Morgan fingerprint density at radius 3 is 2.64 bits per heavy atom. The lowest BCUT2D eigenvalue weighted by molar-refractivity contribution is -0.125. The van der Waals surface area contributed by atoms with Gasteiger partial charge in [-0.05, 0) is 49.1 Å². The molecule has 0 saturated heterocycles. The zero-order valence-electron chi connectivity index (χ0n) is 13.7. The number of anilines is 1. The number of fused-ring (bicyclic) bond motifs is 1. The van der Waals surface area contributed by atoms with Gasteiger partial charge in [-0.2, -0.15) is 0 Å². The molecule has 1 unspecified atom stereocenters. The first-order valence-corrected chi connectivity index (χ1v) is 8.78. The van der Waals surface area contributed by atoms with Crippen LogP contribution in [0.25, 0.3) is 0 Å². The molecule has 2 aromatic carbocycles. The Bertz CT molecular complexity index is 808. The molecule has 3 rings (SSSR count). The molecule has 0 aromatic heterocycles. The standard InChI is InChI=1S/C19H17Cl2NO3/c1-12-19(24)22(9-5-8-13-6-3-2-4-7-13)16-11-14(20)10-15(18(21)23)17(16)25-12/h2-4,6-7,10-12H,5,8-9H2,1H3. The number of rotatable bonds is 5. The van der Waals surface area contributed by atoms with Crippen LogP contribution in [0.4, 0.5) is 5.69 Å². The van der Waals surface area contributed by atoms with E-state index in [1.54, 1.807) is 17.9 Å².